The molecule has 0 spiro atoms. The summed E-state index contributed by atoms with van der Waals surface area (Å²) in [7, 11) is 0. The lowest BCUT2D eigenvalue weighted by molar-refractivity contribution is 0.0244. The van der Waals surface area contributed by atoms with Gasteiger partial charge in [-0.1, -0.05) is 19.1 Å². The van der Waals surface area contributed by atoms with Crippen LogP contribution in [0.3, 0.4) is 0 Å². The number of β-amino-alcohol motifs (C(OH)–C–C–N with tert-alkyl or cyclic N) is 1. The molecule has 1 heterocycles. The number of likely N-dealkylation sites (tertiary alicyclic amines) is 1. The lowest BCUT2D eigenvalue weighted by Crippen LogP contribution is -2.44. The van der Waals surface area contributed by atoms with Crippen LogP contribution in [0.2, 0.25) is 0 Å². The first-order valence-electron chi connectivity index (χ1n) is 7.51. The van der Waals surface area contributed by atoms with E-state index in [-0.39, 0.29) is 6.10 Å². The average molecular weight is 278 g/mol. The molecule has 0 amide bonds. The van der Waals surface area contributed by atoms with Gasteiger partial charge in [-0.05, 0) is 49.5 Å². The number of piperidine rings is 1. The van der Waals surface area contributed by atoms with Crippen molar-refractivity contribution in [3.63, 3.8) is 0 Å². The van der Waals surface area contributed by atoms with Gasteiger partial charge in [0.25, 0.3) is 0 Å². The predicted octanol–water partition coefficient (Wildman–Crippen LogP) is 1.27. The molecule has 1 aliphatic rings. The minimum absolute atomic E-state index is 0.195. The molecule has 2 unspecified atom stereocenters. The smallest absolute Gasteiger partial charge is 0.119 e. The van der Waals surface area contributed by atoms with Gasteiger partial charge in [-0.25, -0.2) is 0 Å². The fourth-order valence-electron chi connectivity index (χ4n) is 2.53. The summed E-state index contributed by atoms with van der Waals surface area (Å²) in [6.07, 6.45) is 1.78. The normalized spacial score (nSPS) is 23.8. The molecule has 1 aromatic rings. The molecule has 0 aromatic heterocycles. The fraction of sp³-hybridized carbons (Fsp3) is 0.625. The van der Waals surface area contributed by atoms with Gasteiger partial charge in [-0.3, -0.25) is 4.90 Å². The molecule has 2 atom stereocenters. The van der Waals surface area contributed by atoms with Crippen LogP contribution in [0.25, 0.3) is 0 Å². The Morgan fingerprint density at radius 2 is 2.10 bits per heavy atom. The van der Waals surface area contributed by atoms with Gasteiger partial charge in [0.15, 0.2) is 0 Å². The van der Waals surface area contributed by atoms with Crippen LogP contribution in [0.5, 0.6) is 5.75 Å². The molecular weight excluding hydrogens is 252 g/mol. The summed E-state index contributed by atoms with van der Waals surface area (Å²) in [4.78, 5) is 2.27. The molecule has 1 aliphatic heterocycles. The number of ether oxygens (including phenoxy) is 1. The number of rotatable bonds is 6. The van der Waals surface area contributed by atoms with E-state index in [0.717, 1.165) is 38.2 Å². The SMILES string of the molecule is CC1CCN(CCOc2ccc(CCN)cc2)CC1O. The van der Waals surface area contributed by atoms with Gasteiger partial charge >= 0.3 is 0 Å². The Labute approximate surface area is 121 Å². The van der Waals surface area contributed by atoms with E-state index in [2.05, 4.69) is 24.0 Å². The number of hydrogen-bond donors (Lipinski definition) is 2. The highest BCUT2D eigenvalue weighted by Gasteiger charge is 2.23. The third kappa shape index (κ3) is 4.47. The fourth-order valence-corrected chi connectivity index (χ4v) is 2.53. The van der Waals surface area contributed by atoms with Gasteiger partial charge in [-0.15, -0.1) is 0 Å². The number of nitrogens with two attached hydrogens (primary N) is 1. The van der Waals surface area contributed by atoms with Gasteiger partial charge in [0.1, 0.15) is 12.4 Å². The second-order valence-corrected chi connectivity index (χ2v) is 5.67. The third-order valence-electron chi connectivity index (χ3n) is 4.04. The quantitative estimate of drug-likeness (QED) is 0.823. The van der Waals surface area contributed by atoms with Crippen LogP contribution < -0.4 is 10.5 Å². The maximum absolute atomic E-state index is 9.85. The molecule has 4 nitrogen and oxygen atoms in total. The number of nitrogens with zero attached hydrogens (tertiary/aromatic N) is 1. The molecule has 3 N–H and O–H groups in total. The van der Waals surface area contributed by atoms with Crippen LogP contribution in [0.1, 0.15) is 18.9 Å². The Hall–Kier alpha value is -1.10. The van der Waals surface area contributed by atoms with Crippen LogP contribution in [0, 0.1) is 5.92 Å². The van der Waals surface area contributed by atoms with Gasteiger partial charge in [-0.2, -0.15) is 0 Å². The lowest BCUT2D eigenvalue weighted by Gasteiger charge is -2.34. The summed E-state index contributed by atoms with van der Waals surface area (Å²) >= 11 is 0. The van der Waals surface area contributed by atoms with E-state index in [0.29, 0.717) is 19.1 Å². The Balaban J connectivity index is 1.70. The molecule has 1 aromatic carbocycles. The monoisotopic (exact) mass is 278 g/mol. The van der Waals surface area contributed by atoms with Crippen molar-refractivity contribution in [2.24, 2.45) is 11.7 Å². The average Bonchev–Trinajstić information content (AvgIpc) is 2.45. The first-order valence-corrected chi connectivity index (χ1v) is 7.51. The topological polar surface area (TPSA) is 58.7 Å². The van der Waals surface area contributed by atoms with Crippen LogP contribution in [0.15, 0.2) is 24.3 Å². The Bertz CT molecular complexity index is 394. The Morgan fingerprint density at radius 3 is 2.75 bits per heavy atom. The molecule has 1 fully saturated rings. The van der Waals surface area contributed by atoms with Gasteiger partial charge < -0.3 is 15.6 Å². The molecule has 1 saturated heterocycles. The minimum Gasteiger partial charge on any atom is -0.492 e. The number of benzene rings is 1. The van der Waals surface area contributed by atoms with E-state index >= 15 is 0 Å². The van der Waals surface area contributed by atoms with Gasteiger partial charge in [0.05, 0.1) is 6.10 Å². The van der Waals surface area contributed by atoms with Crippen LogP contribution in [-0.2, 0) is 6.42 Å². The van der Waals surface area contributed by atoms with Crippen molar-refractivity contribution in [2.75, 3.05) is 32.8 Å². The summed E-state index contributed by atoms with van der Waals surface area (Å²) in [5.41, 5.74) is 6.77. The Morgan fingerprint density at radius 1 is 1.35 bits per heavy atom. The maximum Gasteiger partial charge on any atom is 0.119 e. The highest BCUT2D eigenvalue weighted by molar-refractivity contribution is 5.27. The van der Waals surface area contributed by atoms with Crippen molar-refractivity contribution in [2.45, 2.75) is 25.9 Å². The van der Waals surface area contributed by atoms with E-state index in [1.165, 1.54) is 5.56 Å². The van der Waals surface area contributed by atoms with E-state index in [1.807, 2.05) is 12.1 Å². The molecular formula is C16H26N2O2. The van der Waals surface area contributed by atoms with Crippen molar-refractivity contribution in [3.8, 4) is 5.75 Å². The molecule has 20 heavy (non-hydrogen) atoms. The van der Waals surface area contributed by atoms with Crippen molar-refractivity contribution < 1.29 is 9.84 Å². The van der Waals surface area contributed by atoms with E-state index < -0.39 is 0 Å². The summed E-state index contributed by atoms with van der Waals surface area (Å²) in [6.45, 7) is 6.14. The predicted molar refractivity (Wildman–Crippen MR) is 80.9 cm³/mol. The van der Waals surface area contributed by atoms with Crippen molar-refractivity contribution >= 4 is 0 Å². The molecule has 4 heteroatoms. The first kappa shape index (κ1) is 15.3. The zero-order valence-corrected chi connectivity index (χ0v) is 12.3. The van der Waals surface area contributed by atoms with Crippen LogP contribution in [-0.4, -0.2) is 48.9 Å². The highest BCUT2D eigenvalue weighted by atomic mass is 16.5. The molecule has 0 bridgehead atoms. The molecule has 112 valence electrons. The summed E-state index contributed by atoms with van der Waals surface area (Å²) in [5.74, 6) is 1.32. The summed E-state index contributed by atoms with van der Waals surface area (Å²) in [6, 6.07) is 8.12. The molecule has 2 rings (SSSR count). The lowest BCUT2D eigenvalue weighted by atomic mass is 9.96. The van der Waals surface area contributed by atoms with Crippen molar-refractivity contribution in [3.05, 3.63) is 29.8 Å². The number of aliphatic hydroxyl groups excluding tert-OH is 1. The zero-order chi connectivity index (χ0) is 14.4. The van der Waals surface area contributed by atoms with Crippen LogP contribution in [0.4, 0.5) is 0 Å². The number of aliphatic hydroxyl groups is 1. The second kappa shape index (κ2) is 7.62. The van der Waals surface area contributed by atoms with Gasteiger partial charge in [0.2, 0.25) is 0 Å². The molecule has 0 aliphatic carbocycles. The van der Waals surface area contributed by atoms with E-state index in [9.17, 15) is 5.11 Å². The van der Waals surface area contributed by atoms with E-state index in [4.69, 9.17) is 10.5 Å². The molecule has 0 saturated carbocycles. The second-order valence-electron chi connectivity index (χ2n) is 5.67. The Kier molecular flexibility index (Phi) is 5.83. The maximum atomic E-state index is 9.85. The largest absolute Gasteiger partial charge is 0.492 e. The zero-order valence-electron chi connectivity index (χ0n) is 12.3. The van der Waals surface area contributed by atoms with Gasteiger partial charge in [0, 0.05) is 13.1 Å². The minimum atomic E-state index is -0.195. The third-order valence-corrected chi connectivity index (χ3v) is 4.04. The molecule has 0 radical (unpaired) electrons. The van der Waals surface area contributed by atoms with Crippen molar-refractivity contribution in [1.29, 1.82) is 0 Å². The van der Waals surface area contributed by atoms with Crippen LogP contribution >= 0.6 is 0 Å². The highest BCUT2D eigenvalue weighted by Crippen LogP contribution is 2.17. The van der Waals surface area contributed by atoms with E-state index in [1.54, 1.807) is 0 Å². The standard InChI is InChI=1S/C16H26N2O2/c1-13-7-9-18(12-16(13)19)10-11-20-15-4-2-14(3-5-15)6-8-17/h2-5,13,16,19H,6-12,17H2,1H3. The number of hydrogen-bond acceptors (Lipinski definition) is 4. The first-order chi connectivity index (χ1) is 9.69. The van der Waals surface area contributed by atoms with Crippen molar-refractivity contribution in [1.82, 2.24) is 4.90 Å². The summed E-state index contributed by atoms with van der Waals surface area (Å²) in [5, 5.41) is 9.85. The summed E-state index contributed by atoms with van der Waals surface area (Å²) < 4.78 is 5.75.